The van der Waals surface area contributed by atoms with Crippen LogP contribution in [0.2, 0.25) is 0 Å². The van der Waals surface area contributed by atoms with Gasteiger partial charge in [0.2, 0.25) is 0 Å². The molecule has 1 fully saturated rings. The molecule has 5 nitrogen and oxygen atoms in total. The molecule has 0 bridgehead atoms. The van der Waals surface area contributed by atoms with Gasteiger partial charge >= 0.3 is 0 Å². The molecule has 108 valence electrons. The summed E-state index contributed by atoms with van der Waals surface area (Å²) < 4.78 is 7.61. The smallest absolute Gasteiger partial charge is 0.265 e. The molecule has 0 radical (unpaired) electrons. The Morgan fingerprint density at radius 3 is 3.15 bits per heavy atom. The fraction of sp³-hybridized carbons (Fsp3) is 0.571. The number of ether oxygens (including phenoxy) is 1. The molecule has 1 amide bonds. The number of aromatic nitrogens is 2. The Morgan fingerprint density at radius 1 is 1.65 bits per heavy atom. The first-order valence-electron chi connectivity index (χ1n) is 7.04. The Morgan fingerprint density at radius 2 is 2.50 bits per heavy atom. The number of nitrogens with zero attached hydrogens (tertiary/aromatic N) is 3. The number of imidazole rings is 1. The summed E-state index contributed by atoms with van der Waals surface area (Å²) in [5.74, 6) is 0.0935. The van der Waals surface area contributed by atoms with Crippen LogP contribution in [-0.2, 0) is 4.74 Å². The van der Waals surface area contributed by atoms with Crippen molar-refractivity contribution < 1.29 is 9.53 Å². The lowest BCUT2D eigenvalue weighted by atomic mass is 10.2. The predicted molar refractivity (Wildman–Crippen MR) is 78.4 cm³/mol. The second-order valence-electron chi connectivity index (χ2n) is 5.08. The van der Waals surface area contributed by atoms with E-state index >= 15 is 0 Å². The van der Waals surface area contributed by atoms with Crippen molar-refractivity contribution >= 4 is 22.2 Å². The average molecular weight is 293 g/mol. The maximum atomic E-state index is 12.7. The standard InChI is InChI=1S/C14H19N3O2S/c1-3-16(9-11-5-4-8-19-11)13(18)12-10(2)17-7-6-15-14(17)20-12/h6-7,11H,3-5,8-9H2,1-2H3/t11-/m0/s1. The second-order valence-corrected chi connectivity index (χ2v) is 6.05. The van der Waals surface area contributed by atoms with E-state index in [1.54, 1.807) is 6.20 Å². The van der Waals surface area contributed by atoms with Gasteiger partial charge in [-0.15, -0.1) is 0 Å². The molecule has 1 aliphatic rings. The van der Waals surface area contributed by atoms with Gasteiger partial charge in [0, 0.05) is 37.8 Å². The van der Waals surface area contributed by atoms with Gasteiger partial charge in [-0.2, -0.15) is 0 Å². The highest BCUT2D eigenvalue weighted by atomic mass is 32.1. The number of carbonyl (C=O) groups is 1. The van der Waals surface area contributed by atoms with E-state index in [9.17, 15) is 4.79 Å². The van der Waals surface area contributed by atoms with Crippen LogP contribution >= 0.6 is 11.3 Å². The molecule has 1 saturated heterocycles. The Hall–Kier alpha value is -1.40. The van der Waals surface area contributed by atoms with Gasteiger partial charge in [0.1, 0.15) is 4.88 Å². The minimum atomic E-state index is 0.0935. The van der Waals surface area contributed by atoms with Gasteiger partial charge in [-0.1, -0.05) is 11.3 Å². The average Bonchev–Trinajstić information content (AvgIpc) is 3.15. The van der Waals surface area contributed by atoms with Crippen molar-refractivity contribution in [3.63, 3.8) is 0 Å². The molecule has 3 rings (SSSR count). The SMILES string of the molecule is CCN(C[C@@H]1CCCO1)C(=O)c1sc2nccn2c1C. The van der Waals surface area contributed by atoms with Crippen LogP contribution in [0.1, 0.15) is 35.1 Å². The molecule has 6 heteroatoms. The van der Waals surface area contributed by atoms with Crippen LogP contribution < -0.4 is 0 Å². The molecule has 3 heterocycles. The van der Waals surface area contributed by atoms with Gasteiger partial charge < -0.3 is 9.64 Å². The molecular weight excluding hydrogens is 274 g/mol. The summed E-state index contributed by atoms with van der Waals surface area (Å²) in [6.07, 6.45) is 6.01. The minimum Gasteiger partial charge on any atom is -0.376 e. The predicted octanol–water partition coefficient (Wildman–Crippen LogP) is 2.35. The lowest BCUT2D eigenvalue weighted by Gasteiger charge is -2.23. The summed E-state index contributed by atoms with van der Waals surface area (Å²) in [4.78, 5) is 20.5. The molecule has 1 atom stereocenters. The number of likely N-dealkylation sites (N-methyl/N-ethyl adjacent to an activating group) is 1. The maximum Gasteiger partial charge on any atom is 0.265 e. The van der Waals surface area contributed by atoms with E-state index < -0.39 is 0 Å². The lowest BCUT2D eigenvalue weighted by molar-refractivity contribution is 0.0542. The summed E-state index contributed by atoms with van der Waals surface area (Å²) in [6, 6.07) is 0. The zero-order valence-corrected chi connectivity index (χ0v) is 12.7. The third kappa shape index (κ3) is 2.33. The number of rotatable bonds is 4. The lowest BCUT2D eigenvalue weighted by Crippen LogP contribution is -2.37. The number of aryl methyl sites for hydroxylation is 1. The zero-order valence-electron chi connectivity index (χ0n) is 11.8. The number of hydrogen-bond acceptors (Lipinski definition) is 4. The van der Waals surface area contributed by atoms with E-state index in [2.05, 4.69) is 4.98 Å². The molecule has 2 aromatic heterocycles. The normalized spacial score (nSPS) is 18.8. The largest absolute Gasteiger partial charge is 0.376 e. The number of hydrogen-bond donors (Lipinski definition) is 0. The Balaban J connectivity index is 1.81. The maximum absolute atomic E-state index is 12.7. The summed E-state index contributed by atoms with van der Waals surface area (Å²) in [5.41, 5.74) is 0.971. The summed E-state index contributed by atoms with van der Waals surface area (Å²) in [7, 11) is 0. The van der Waals surface area contributed by atoms with Crippen molar-refractivity contribution in [1.82, 2.24) is 14.3 Å². The Kier molecular flexibility index (Phi) is 3.76. The minimum absolute atomic E-state index is 0.0935. The van der Waals surface area contributed by atoms with Gasteiger partial charge in [0.05, 0.1) is 6.10 Å². The molecular formula is C14H19N3O2S. The van der Waals surface area contributed by atoms with Crippen molar-refractivity contribution in [1.29, 1.82) is 0 Å². The number of carbonyl (C=O) groups excluding carboxylic acids is 1. The fourth-order valence-corrected chi connectivity index (χ4v) is 3.68. The molecule has 0 spiro atoms. The first-order chi connectivity index (χ1) is 9.70. The van der Waals surface area contributed by atoms with E-state index in [1.807, 2.05) is 29.3 Å². The van der Waals surface area contributed by atoms with Crippen molar-refractivity contribution in [3.8, 4) is 0 Å². The van der Waals surface area contributed by atoms with E-state index in [4.69, 9.17) is 4.74 Å². The molecule has 0 saturated carbocycles. The number of fused-ring (bicyclic) bond motifs is 1. The van der Waals surface area contributed by atoms with Crippen LogP contribution in [0, 0.1) is 6.92 Å². The van der Waals surface area contributed by atoms with E-state index in [1.165, 1.54) is 11.3 Å². The topological polar surface area (TPSA) is 46.8 Å². The van der Waals surface area contributed by atoms with Crippen LogP contribution in [0.25, 0.3) is 4.96 Å². The van der Waals surface area contributed by atoms with E-state index in [0.29, 0.717) is 13.1 Å². The van der Waals surface area contributed by atoms with Crippen LogP contribution in [0.15, 0.2) is 12.4 Å². The Labute approximate surface area is 122 Å². The van der Waals surface area contributed by atoms with Crippen molar-refractivity contribution in [2.75, 3.05) is 19.7 Å². The molecule has 1 aliphatic heterocycles. The Bertz CT molecular complexity index is 613. The van der Waals surface area contributed by atoms with E-state index in [-0.39, 0.29) is 12.0 Å². The zero-order chi connectivity index (χ0) is 14.1. The van der Waals surface area contributed by atoms with E-state index in [0.717, 1.165) is 35.0 Å². The molecule has 0 aliphatic carbocycles. The van der Waals surface area contributed by atoms with Gasteiger partial charge in [-0.25, -0.2) is 4.98 Å². The van der Waals surface area contributed by atoms with Crippen LogP contribution in [0.5, 0.6) is 0 Å². The highest BCUT2D eigenvalue weighted by Gasteiger charge is 2.25. The summed E-state index contributed by atoms with van der Waals surface area (Å²) >= 11 is 1.46. The van der Waals surface area contributed by atoms with Crippen molar-refractivity contribution in [2.45, 2.75) is 32.8 Å². The molecule has 2 aromatic rings. The monoisotopic (exact) mass is 293 g/mol. The fourth-order valence-electron chi connectivity index (χ4n) is 2.63. The highest BCUT2D eigenvalue weighted by molar-refractivity contribution is 7.19. The van der Waals surface area contributed by atoms with Crippen molar-refractivity contribution in [2.24, 2.45) is 0 Å². The number of thiazole rings is 1. The third-order valence-electron chi connectivity index (χ3n) is 3.80. The first kappa shape index (κ1) is 13.6. The van der Waals surface area contributed by atoms with Gasteiger partial charge in [-0.3, -0.25) is 9.20 Å². The molecule has 20 heavy (non-hydrogen) atoms. The number of amides is 1. The quantitative estimate of drug-likeness (QED) is 0.869. The van der Waals surface area contributed by atoms with Crippen molar-refractivity contribution in [3.05, 3.63) is 23.0 Å². The van der Waals surface area contributed by atoms with Crippen LogP contribution in [0.3, 0.4) is 0 Å². The molecule has 0 unspecified atom stereocenters. The molecule has 0 aromatic carbocycles. The van der Waals surface area contributed by atoms with Crippen LogP contribution in [-0.4, -0.2) is 46.0 Å². The van der Waals surface area contributed by atoms with Gasteiger partial charge in [0.15, 0.2) is 4.96 Å². The third-order valence-corrected chi connectivity index (χ3v) is 4.96. The second kappa shape index (κ2) is 5.54. The first-order valence-corrected chi connectivity index (χ1v) is 7.85. The molecule has 0 N–H and O–H groups in total. The van der Waals surface area contributed by atoms with Gasteiger partial charge in [-0.05, 0) is 26.7 Å². The van der Waals surface area contributed by atoms with Crippen LogP contribution in [0.4, 0.5) is 0 Å². The summed E-state index contributed by atoms with van der Waals surface area (Å²) in [6.45, 7) is 6.20. The summed E-state index contributed by atoms with van der Waals surface area (Å²) in [5, 5.41) is 0. The van der Waals surface area contributed by atoms with Gasteiger partial charge in [0.25, 0.3) is 5.91 Å². The highest BCUT2D eigenvalue weighted by Crippen LogP contribution is 2.24.